The van der Waals surface area contributed by atoms with Crippen LogP contribution in [0.25, 0.3) is 0 Å². The molecule has 1 aliphatic rings. The van der Waals surface area contributed by atoms with Crippen molar-refractivity contribution in [3.8, 4) is 0 Å². The summed E-state index contributed by atoms with van der Waals surface area (Å²) in [6.45, 7) is 1.80. The summed E-state index contributed by atoms with van der Waals surface area (Å²) in [5, 5.41) is 0. The Kier molecular flexibility index (Phi) is 4.84. The zero-order chi connectivity index (χ0) is 14.9. The molecular weight excluding hydrogens is 270 g/mol. The molecule has 0 bridgehead atoms. The molecule has 0 radical (unpaired) electrons. The molecule has 1 rings (SSSR count). The van der Waals surface area contributed by atoms with Gasteiger partial charge in [-0.3, -0.25) is 0 Å². The highest BCUT2D eigenvalue weighted by molar-refractivity contribution is 4.91. The fraction of sp³-hybridized carbons (Fsp3) is 1.00. The van der Waals surface area contributed by atoms with Gasteiger partial charge in [0, 0.05) is 0 Å². The van der Waals surface area contributed by atoms with Crippen LogP contribution in [-0.2, 0) is 0 Å². The molecule has 0 aromatic rings. The topological polar surface area (TPSA) is 0 Å². The molecule has 0 nitrogen and oxygen atoms in total. The van der Waals surface area contributed by atoms with Crippen molar-refractivity contribution in [1.82, 2.24) is 0 Å². The van der Waals surface area contributed by atoms with Gasteiger partial charge in [-0.15, -0.1) is 0 Å². The van der Waals surface area contributed by atoms with Crippen molar-refractivity contribution in [3.05, 3.63) is 0 Å². The first-order valence-electron chi connectivity index (χ1n) is 6.62. The SMILES string of the molecule is C[C@H](CC(C)(C(F)(F)F)C(F)(F)F)C1CCCCC1. The van der Waals surface area contributed by atoms with Crippen molar-refractivity contribution >= 4 is 0 Å². The van der Waals surface area contributed by atoms with E-state index in [0.29, 0.717) is 0 Å². The maximum absolute atomic E-state index is 12.8. The lowest BCUT2D eigenvalue weighted by Gasteiger charge is -2.38. The Labute approximate surface area is 109 Å². The van der Waals surface area contributed by atoms with Gasteiger partial charge in [0.05, 0.1) is 0 Å². The summed E-state index contributed by atoms with van der Waals surface area (Å²) < 4.78 is 76.8. The normalized spacial score (nSPS) is 21.5. The predicted octanol–water partition coefficient (Wildman–Crippen LogP) is 5.72. The van der Waals surface area contributed by atoms with Gasteiger partial charge in [-0.2, -0.15) is 26.3 Å². The molecule has 1 aliphatic carbocycles. The summed E-state index contributed by atoms with van der Waals surface area (Å²) in [4.78, 5) is 0. The van der Waals surface area contributed by atoms with Crippen LogP contribution >= 0.6 is 0 Å². The highest BCUT2D eigenvalue weighted by Crippen LogP contribution is 2.54. The zero-order valence-electron chi connectivity index (χ0n) is 11.2. The third kappa shape index (κ3) is 3.57. The van der Waals surface area contributed by atoms with E-state index in [4.69, 9.17) is 0 Å². The van der Waals surface area contributed by atoms with E-state index in [0.717, 1.165) is 32.1 Å². The van der Waals surface area contributed by atoms with Gasteiger partial charge in [-0.25, -0.2) is 0 Å². The Morgan fingerprint density at radius 3 is 1.68 bits per heavy atom. The summed E-state index contributed by atoms with van der Waals surface area (Å²) in [6, 6.07) is 0. The molecule has 0 unspecified atom stereocenters. The van der Waals surface area contributed by atoms with Crippen LogP contribution in [0.1, 0.15) is 52.4 Å². The van der Waals surface area contributed by atoms with Crippen molar-refractivity contribution in [1.29, 1.82) is 0 Å². The number of alkyl halides is 6. The fourth-order valence-corrected chi connectivity index (χ4v) is 2.91. The lowest BCUT2D eigenvalue weighted by Crippen LogP contribution is -2.49. The molecule has 19 heavy (non-hydrogen) atoms. The van der Waals surface area contributed by atoms with E-state index >= 15 is 0 Å². The van der Waals surface area contributed by atoms with Gasteiger partial charge >= 0.3 is 12.4 Å². The van der Waals surface area contributed by atoms with Crippen molar-refractivity contribution in [2.24, 2.45) is 17.3 Å². The molecule has 114 valence electrons. The van der Waals surface area contributed by atoms with Crippen molar-refractivity contribution in [2.75, 3.05) is 0 Å². The van der Waals surface area contributed by atoms with Gasteiger partial charge in [-0.1, -0.05) is 39.0 Å². The Morgan fingerprint density at radius 1 is 0.895 bits per heavy atom. The maximum Gasteiger partial charge on any atom is 0.402 e. The van der Waals surface area contributed by atoms with E-state index in [1.165, 1.54) is 6.92 Å². The van der Waals surface area contributed by atoms with Gasteiger partial charge in [0.15, 0.2) is 5.41 Å². The molecule has 0 aromatic heterocycles. The molecule has 0 heterocycles. The third-order valence-electron chi connectivity index (χ3n) is 4.44. The van der Waals surface area contributed by atoms with Crippen LogP contribution in [-0.4, -0.2) is 12.4 Å². The highest BCUT2D eigenvalue weighted by atomic mass is 19.4. The van der Waals surface area contributed by atoms with E-state index in [1.54, 1.807) is 0 Å². The Bertz CT molecular complexity index is 270. The highest BCUT2D eigenvalue weighted by Gasteiger charge is 2.67. The van der Waals surface area contributed by atoms with Crippen molar-refractivity contribution < 1.29 is 26.3 Å². The molecule has 1 saturated carbocycles. The van der Waals surface area contributed by atoms with Gasteiger partial charge in [-0.05, 0) is 25.2 Å². The average molecular weight is 290 g/mol. The minimum absolute atomic E-state index is 0.0159. The molecule has 0 saturated heterocycles. The smallest absolute Gasteiger partial charge is 0.170 e. The molecule has 1 fully saturated rings. The van der Waals surface area contributed by atoms with Gasteiger partial charge < -0.3 is 0 Å². The minimum Gasteiger partial charge on any atom is -0.170 e. The Morgan fingerprint density at radius 2 is 1.32 bits per heavy atom. The second kappa shape index (κ2) is 5.52. The van der Waals surface area contributed by atoms with Crippen LogP contribution in [0.5, 0.6) is 0 Å². The number of hydrogen-bond acceptors (Lipinski definition) is 0. The Balaban J connectivity index is 2.84. The number of hydrogen-bond donors (Lipinski definition) is 0. The monoisotopic (exact) mass is 290 g/mol. The third-order valence-corrected chi connectivity index (χ3v) is 4.44. The predicted molar refractivity (Wildman–Crippen MR) is 60.6 cm³/mol. The molecule has 0 spiro atoms. The quantitative estimate of drug-likeness (QED) is 0.583. The summed E-state index contributed by atoms with van der Waals surface area (Å²) in [5.74, 6) is -0.577. The van der Waals surface area contributed by atoms with E-state index in [9.17, 15) is 26.3 Å². The zero-order valence-corrected chi connectivity index (χ0v) is 11.2. The molecule has 1 atom stereocenters. The first-order valence-corrected chi connectivity index (χ1v) is 6.62. The lowest BCUT2D eigenvalue weighted by atomic mass is 9.72. The first kappa shape index (κ1) is 16.6. The van der Waals surface area contributed by atoms with Crippen molar-refractivity contribution in [3.63, 3.8) is 0 Å². The summed E-state index contributed by atoms with van der Waals surface area (Å²) in [5.41, 5.74) is -3.60. The van der Waals surface area contributed by atoms with Crippen LogP contribution in [0, 0.1) is 17.3 Å². The maximum atomic E-state index is 12.8. The van der Waals surface area contributed by atoms with Crippen LogP contribution < -0.4 is 0 Å². The van der Waals surface area contributed by atoms with E-state index in [-0.39, 0.29) is 12.8 Å². The fourth-order valence-electron chi connectivity index (χ4n) is 2.91. The second-order valence-corrected chi connectivity index (χ2v) is 5.91. The second-order valence-electron chi connectivity index (χ2n) is 5.91. The first-order chi connectivity index (χ1) is 8.49. The largest absolute Gasteiger partial charge is 0.402 e. The van der Waals surface area contributed by atoms with Crippen LogP contribution in [0.2, 0.25) is 0 Å². The summed E-state index contributed by atoms with van der Waals surface area (Å²) in [7, 11) is 0. The minimum atomic E-state index is -5.26. The number of rotatable bonds is 3. The lowest BCUT2D eigenvalue weighted by molar-refractivity contribution is -0.340. The summed E-state index contributed by atoms with van der Waals surface area (Å²) in [6.07, 6.45) is -7.06. The van der Waals surface area contributed by atoms with Crippen LogP contribution in [0.15, 0.2) is 0 Å². The molecular formula is C13H20F6. The average Bonchev–Trinajstić information content (AvgIpc) is 2.27. The number of halogens is 6. The molecule has 0 aromatic carbocycles. The molecule has 0 N–H and O–H groups in total. The standard InChI is InChI=1S/C13H20F6/c1-9(10-6-4-3-5-7-10)8-11(2,12(14,15)16)13(17,18)19/h9-10H,3-8H2,1-2H3/t9-/m1/s1. The Hall–Kier alpha value is -0.420. The van der Waals surface area contributed by atoms with Gasteiger partial charge in [0.25, 0.3) is 0 Å². The van der Waals surface area contributed by atoms with Crippen molar-refractivity contribution in [2.45, 2.75) is 64.7 Å². The molecule has 0 amide bonds. The van der Waals surface area contributed by atoms with E-state index < -0.39 is 30.1 Å². The summed E-state index contributed by atoms with van der Waals surface area (Å²) >= 11 is 0. The van der Waals surface area contributed by atoms with Crippen LogP contribution in [0.4, 0.5) is 26.3 Å². The van der Waals surface area contributed by atoms with E-state index in [1.807, 2.05) is 0 Å². The van der Waals surface area contributed by atoms with Crippen LogP contribution in [0.3, 0.4) is 0 Å². The molecule has 0 aliphatic heterocycles. The molecule has 6 heteroatoms. The van der Waals surface area contributed by atoms with Gasteiger partial charge in [0.1, 0.15) is 0 Å². The van der Waals surface area contributed by atoms with Gasteiger partial charge in [0.2, 0.25) is 0 Å². The van der Waals surface area contributed by atoms with E-state index in [2.05, 4.69) is 0 Å².